The van der Waals surface area contributed by atoms with E-state index in [1.165, 1.54) is 0 Å². The Morgan fingerprint density at radius 2 is 1.75 bits per heavy atom. The summed E-state index contributed by atoms with van der Waals surface area (Å²) in [4.78, 5) is 0. The molecule has 0 saturated carbocycles. The van der Waals surface area contributed by atoms with Gasteiger partial charge in [-0.15, -0.1) is 0 Å². The van der Waals surface area contributed by atoms with Crippen LogP contribution in [0.2, 0.25) is 0 Å². The Balaban J connectivity index is 1.78. The third-order valence-corrected chi connectivity index (χ3v) is 3.62. The molecule has 1 unspecified atom stereocenters. The van der Waals surface area contributed by atoms with Crippen molar-refractivity contribution in [3.8, 4) is 0 Å². The monoisotopic (exact) mass is 224 g/mol. The van der Waals surface area contributed by atoms with E-state index in [2.05, 4.69) is 33.8 Å². The zero-order valence-corrected chi connectivity index (χ0v) is 10.7. The molecule has 2 heterocycles. The topological polar surface area (TPSA) is 31.0 Å². The molecule has 2 rings (SSSR count). The minimum atomic E-state index is -0.235. The predicted octanol–water partition coefficient (Wildman–Crippen LogP) is 2.35. The summed E-state index contributed by atoms with van der Waals surface area (Å²) in [6, 6.07) is 0. The zero-order chi connectivity index (χ0) is 11.8. The van der Waals surface area contributed by atoms with Crippen LogP contribution in [-0.2, 0) is 14.0 Å². The average molecular weight is 224 g/mol. The first-order valence-electron chi connectivity index (χ1n) is 6.05. The maximum Gasteiger partial charge on any atom is 0.486 e. The molecule has 90 valence electrons. The van der Waals surface area contributed by atoms with Crippen molar-refractivity contribution in [3.63, 3.8) is 0 Å². The van der Waals surface area contributed by atoms with Crippen molar-refractivity contribution in [2.45, 2.75) is 57.8 Å². The van der Waals surface area contributed by atoms with Crippen LogP contribution >= 0.6 is 0 Å². The first kappa shape index (κ1) is 12.2. The van der Waals surface area contributed by atoms with Crippen molar-refractivity contribution in [1.29, 1.82) is 0 Å². The molecule has 0 aliphatic carbocycles. The fourth-order valence-electron chi connectivity index (χ4n) is 1.69. The standard InChI is InChI=1S/C12H21BO3/c1-11(2)12(3,4)16-13(15-11)8-6-5-7-10-9-14-10/h6,8,10H,5,7,9H2,1-4H3/b8-6+. The maximum absolute atomic E-state index is 5.85. The third kappa shape index (κ3) is 2.68. The van der Waals surface area contributed by atoms with Gasteiger partial charge in [0.25, 0.3) is 0 Å². The Labute approximate surface area is 98.3 Å². The quantitative estimate of drug-likeness (QED) is 0.542. The van der Waals surface area contributed by atoms with Gasteiger partial charge in [-0.3, -0.25) is 0 Å². The summed E-state index contributed by atoms with van der Waals surface area (Å²) in [6.45, 7) is 9.21. The summed E-state index contributed by atoms with van der Waals surface area (Å²) in [5.74, 6) is 2.01. The fourth-order valence-corrected chi connectivity index (χ4v) is 1.69. The van der Waals surface area contributed by atoms with Gasteiger partial charge in [0.1, 0.15) is 0 Å². The van der Waals surface area contributed by atoms with Gasteiger partial charge >= 0.3 is 7.12 Å². The highest BCUT2D eigenvalue weighted by Crippen LogP contribution is 2.36. The first-order chi connectivity index (χ1) is 7.41. The van der Waals surface area contributed by atoms with Crippen LogP contribution in [0.4, 0.5) is 0 Å². The van der Waals surface area contributed by atoms with E-state index in [0.717, 1.165) is 19.4 Å². The van der Waals surface area contributed by atoms with Crippen LogP contribution in [0.1, 0.15) is 40.5 Å². The van der Waals surface area contributed by atoms with Crippen LogP contribution < -0.4 is 0 Å². The maximum atomic E-state index is 5.85. The van der Waals surface area contributed by atoms with Crippen LogP contribution in [0.25, 0.3) is 0 Å². The normalized spacial score (nSPS) is 31.2. The average Bonchev–Trinajstić information content (AvgIpc) is 2.90. The van der Waals surface area contributed by atoms with Crippen LogP contribution in [0.3, 0.4) is 0 Å². The Kier molecular flexibility index (Phi) is 3.17. The highest BCUT2D eigenvalue weighted by Gasteiger charge is 2.49. The van der Waals surface area contributed by atoms with Crippen molar-refractivity contribution in [1.82, 2.24) is 0 Å². The second-order valence-electron chi connectivity index (χ2n) is 5.59. The summed E-state index contributed by atoms with van der Waals surface area (Å²) < 4.78 is 16.8. The molecule has 16 heavy (non-hydrogen) atoms. The van der Waals surface area contributed by atoms with Crippen LogP contribution in [-0.4, -0.2) is 31.0 Å². The van der Waals surface area contributed by atoms with E-state index in [1.54, 1.807) is 0 Å². The molecular formula is C12H21BO3. The predicted molar refractivity (Wildman–Crippen MR) is 64.2 cm³/mol. The Hall–Kier alpha value is -0.315. The van der Waals surface area contributed by atoms with Gasteiger partial charge < -0.3 is 14.0 Å². The van der Waals surface area contributed by atoms with Gasteiger partial charge in [0.2, 0.25) is 0 Å². The Morgan fingerprint density at radius 3 is 2.25 bits per heavy atom. The summed E-state index contributed by atoms with van der Waals surface area (Å²) in [5.41, 5.74) is -0.469. The summed E-state index contributed by atoms with van der Waals surface area (Å²) in [7, 11) is -0.204. The molecule has 0 aromatic carbocycles. The Morgan fingerprint density at radius 1 is 1.19 bits per heavy atom. The molecule has 0 N–H and O–H groups in total. The summed E-state index contributed by atoms with van der Waals surface area (Å²) in [5, 5.41) is 0. The first-order valence-corrected chi connectivity index (χ1v) is 6.05. The van der Waals surface area contributed by atoms with Gasteiger partial charge in [0.05, 0.1) is 23.9 Å². The molecule has 0 aromatic heterocycles. The molecule has 2 aliphatic rings. The van der Waals surface area contributed by atoms with Crippen molar-refractivity contribution >= 4 is 7.12 Å². The molecule has 2 saturated heterocycles. The van der Waals surface area contributed by atoms with Crippen LogP contribution in [0.15, 0.2) is 12.1 Å². The summed E-state index contributed by atoms with van der Waals surface area (Å²) in [6.07, 6.45) is 4.78. The van der Waals surface area contributed by atoms with Crippen molar-refractivity contribution in [3.05, 3.63) is 12.1 Å². The van der Waals surface area contributed by atoms with E-state index in [4.69, 9.17) is 14.0 Å². The van der Waals surface area contributed by atoms with E-state index < -0.39 is 0 Å². The van der Waals surface area contributed by atoms with Gasteiger partial charge in [-0.1, -0.05) is 12.1 Å². The second kappa shape index (κ2) is 4.17. The van der Waals surface area contributed by atoms with E-state index in [-0.39, 0.29) is 18.3 Å². The highest BCUT2D eigenvalue weighted by atomic mass is 16.7. The third-order valence-electron chi connectivity index (χ3n) is 3.62. The zero-order valence-electron chi connectivity index (χ0n) is 10.7. The SMILES string of the molecule is CC1(C)OB(/C=C/CCC2CO2)OC1(C)C. The molecule has 1 atom stereocenters. The Bertz CT molecular complexity index is 266. The molecular weight excluding hydrogens is 203 g/mol. The number of hydrogen-bond acceptors (Lipinski definition) is 3. The number of ether oxygens (including phenoxy) is 1. The number of allylic oxidation sites excluding steroid dienone is 1. The molecule has 0 amide bonds. The van der Waals surface area contributed by atoms with Crippen molar-refractivity contribution < 1.29 is 14.0 Å². The van der Waals surface area contributed by atoms with Crippen molar-refractivity contribution in [2.24, 2.45) is 0 Å². The van der Waals surface area contributed by atoms with Gasteiger partial charge in [-0.05, 0) is 40.5 Å². The van der Waals surface area contributed by atoms with Gasteiger partial charge in [-0.25, -0.2) is 0 Å². The lowest BCUT2D eigenvalue weighted by molar-refractivity contribution is 0.00578. The number of rotatable bonds is 4. The van der Waals surface area contributed by atoms with E-state index in [0.29, 0.717) is 6.10 Å². The second-order valence-corrected chi connectivity index (χ2v) is 5.59. The number of hydrogen-bond donors (Lipinski definition) is 0. The van der Waals surface area contributed by atoms with Gasteiger partial charge in [0, 0.05) is 0 Å². The number of epoxide rings is 1. The van der Waals surface area contributed by atoms with Crippen LogP contribution in [0.5, 0.6) is 0 Å². The molecule has 4 heteroatoms. The van der Waals surface area contributed by atoms with Crippen LogP contribution in [0, 0.1) is 0 Å². The van der Waals surface area contributed by atoms with E-state index in [1.807, 2.05) is 5.98 Å². The molecule has 0 bridgehead atoms. The minimum Gasteiger partial charge on any atom is -0.400 e. The van der Waals surface area contributed by atoms with Gasteiger partial charge in [-0.2, -0.15) is 0 Å². The molecule has 0 aromatic rings. The lowest BCUT2D eigenvalue weighted by Gasteiger charge is -2.32. The molecule has 0 radical (unpaired) electrons. The summed E-state index contributed by atoms with van der Waals surface area (Å²) >= 11 is 0. The van der Waals surface area contributed by atoms with Crippen molar-refractivity contribution in [2.75, 3.05) is 6.61 Å². The smallest absolute Gasteiger partial charge is 0.400 e. The molecule has 2 fully saturated rings. The lowest BCUT2D eigenvalue weighted by atomic mass is 9.89. The fraction of sp³-hybridized carbons (Fsp3) is 0.833. The lowest BCUT2D eigenvalue weighted by Crippen LogP contribution is -2.41. The molecule has 3 nitrogen and oxygen atoms in total. The minimum absolute atomic E-state index is 0.204. The highest BCUT2D eigenvalue weighted by molar-refractivity contribution is 6.51. The van der Waals surface area contributed by atoms with Gasteiger partial charge in [0.15, 0.2) is 0 Å². The van der Waals surface area contributed by atoms with E-state index in [9.17, 15) is 0 Å². The molecule has 2 aliphatic heterocycles. The van der Waals surface area contributed by atoms with E-state index >= 15 is 0 Å². The largest absolute Gasteiger partial charge is 0.486 e. The molecule has 0 spiro atoms.